The van der Waals surface area contributed by atoms with Crippen LogP contribution in [0.2, 0.25) is 15.2 Å². The maximum absolute atomic E-state index is 13.2. The molecule has 0 fully saturated rings. The van der Waals surface area contributed by atoms with E-state index in [1.165, 1.54) is 12.1 Å². The van der Waals surface area contributed by atoms with E-state index in [1.54, 1.807) is 18.2 Å². The SMILES string of the molecule is Fc1cc(OCc2nc(Cl)ccc2Cl)ccc1Cl. The van der Waals surface area contributed by atoms with Crippen LogP contribution in [0.25, 0.3) is 0 Å². The minimum absolute atomic E-state index is 0.0428. The summed E-state index contributed by atoms with van der Waals surface area (Å²) in [5.74, 6) is -0.200. The Hall–Kier alpha value is -1.03. The molecule has 0 bridgehead atoms. The average molecular weight is 307 g/mol. The van der Waals surface area contributed by atoms with Gasteiger partial charge in [0.15, 0.2) is 0 Å². The molecule has 0 aliphatic heterocycles. The van der Waals surface area contributed by atoms with E-state index in [0.717, 1.165) is 0 Å². The molecule has 2 nitrogen and oxygen atoms in total. The molecule has 2 aromatic rings. The quantitative estimate of drug-likeness (QED) is 0.763. The fourth-order valence-electron chi connectivity index (χ4n) is 1.28. The Kier molecular flexibility index (Phi) is 4.27. The average Bonchev–Trinajstić information content (AvgIpc) is 2.34. The summed E-state index contributed by atoms with van der Waals surface area (Å²) in [4.78, 5) is 4.02. The number of benzene rings is 1. The van der Waals surface area contributed by atoms with Gasteiger partial charge in [-0.25, -0.2) is 9.37 Å². The third-order valence-electron chi connectivity index (χ3n) is 2.15. The molecule has 2 rings (SSSR count). The first kappa shape index (κ1) is 13.4. The minimum atomic E-state index is -0.542. The molecule has 0 N–H and O–H groups in total. The molecule has 0 aliphatic rings. The first-order chi connectivity index (χ1) is 8.56. The molecule has 0 spiro atoms. The van der Waals surface area contributed by atoms with Gasteiger partial charge in [-0.3, -0.25) is 0 Å². The molecule has 0 amide bonds. The van der Waals surface area contributed by atoms with Crippen molar-refractivity contribution < 1.29 is 9.13 Å². The minimum Gasteiger partial charge on any atom is -0.487 e. The zero-order valence-electron chi connectivity index (χ0n) is 8.96. The fraction of sp³-hybridized carbons (Fsp3) is 0.0833. The maximum atomic E-state index is 13.2. The maximum Gasteiger partial charge on any atom is 0.145 e. The van der Waals surface area contributed by atoms with Gasteiger partial charge in [-0.15, -0.1) is 0 Å². The number of hydrogen-bond donors (Lipinski definition) is 0. The van der Waals surface area contributed by atoms with Crippen LogP contribution in [0.1, 0.15) is 5.69 Å². The number of ether oxygens (including phenoxy) is 1. The van der Waals surface area contributed by atoms with Gasteiger partial charge in [-0.2, -0.15) is 0 Å². The highest BCUT2D eigenvalue weighted by molar-refractivity contribution is 6.32. The molecule has 18 heavy (non-hydrogen) atoms. The third-order valence-corrected chi connectivity index (χ3v) is 3.01. The van der Waals surface area contributed by atoms with Gasteiger partial charge in [0.1, 0.15) is 23.3 Å². The predicted molar refractivity (Wildman–Crippen MR) is 70.0 cm³/mol. The lowest BCUT2D eigenvalue weighted by Gasteiger charge is -2.07. The Morgan fingerprint density at radius 3 is 2.50 bits per heavy atom. The van der Waals surface area contributed by atoms with Crippen LogP contribution in [0.5, 0.6) is 5.75 Å². The fourth-order valence-corrected chi connectivity index (χ4v) is 1.72. The molecule has 0 atom stereocenters. The molecule has 0 saturated heterocycles. The molecular formula is C12H7Cl3FNO. The molecule has 1 heterocycles. The van der Waals surface area contributed by atoms with Crippen LogP contribution >= 0.6 is 34.8 Å². The number of nitrogens with zero attached hydrogens (tertiary/aromatic N) is 1. The summed E-state index contributed by atoms with van der Waals surface area (Å²) in [5, 5.41) is 0.801. The first-order valence-corrected chi connectivity index (χ1v) is 6.08. The Balaban J connectivity index is 2.11. The van der Waals surface area contributed by atoms with Crippen LogP contribution in [-0.4, -0.2) is 4.98 Å². The molecule has 1 aromatic carbocycles. The van der Waals surface area contributed by atoms with Crippen molar-refractivity contribution in [2.45, 2.75) is 6.61 Å². The Bertz CT molecular complexity index is 577. The highest BCUT2D eigenvalue weighted by atomic mass is 35.5. The van der Waals surface area contributed by atoms with Gasteiger partial charge in [-0.05, 0) is 24.3 Å². The summed E-state index contributed by atoms with van der Waals surface area (Å²) in [6.45, 7) is 0.0977. The predicted octanol–water partition coefficient (Wildman–Crippen LogP) is 4.76. The summed E-state index contributed by atoms with van der Waals surface area (Å²) in [6, 6.07) is 7.37. The smallest absolute Gasteiger partial charge is 0.145 e. The van der Waals surface area contributed by atoms with Gasteiger partial charge >= 0.3 is 0 Å². The Morgan fingerprint density at radius 1 is 1.06 bits per heavy atom. The standard InChI is InChI=1S/C12H7Cl3FNO/c13-8-2-1-7(5-10(8)16)18-6-11-9(14)3-4-12(15)17-11/h1-5H,6H2. The Morgan fingerprint density at radius 2 is 1.78 bits per heavy atom. The lowest BCUT2D eigenvalue weighted by atomic mass is 10.3. The van der Waals surface area contributed by atoms with Crippen LogP contribution in [0.3, 0.4) is 0 Å². The van der Waals surface area contributed by atoms with E-state index in [-0.39, 0.29) is 11.6 Å². The van der Waals surface area contributed by atoms with Gasteiger partial charge in [0.05, 0.1) is 15.7 Å². The first-order valence-electron chi connectivity index (χ1n) is 4.95. The monoisotopic (exact) mass is 305 g/mol. The van der Waals surface area contributed by atoms with Crippen LogP contribution in [0, 0.1) is 5.82 Å². The van der Waals surface area contributed by atoms with E-state index < -0.39 is 5.82 Å². The van der Waals surface area contributed by atoms with Crippen LogP contribution in [0.4, 0.5) is 4.39 Å². The van der Waals surface area contributed by atoms with Gasteiger partial charge in [0, 0.05) is 6.07 Å². The van der Waals surface area contributed by atoms with Crippen LogP contribution in [-0.2, 0) is 6.61 Å². The number of halogens is 4. The summed E-state index contributed by atoms with van der Waals surface area (Å²) in [7, 11) is 0. The number of aromatic nitrogens is 1. The van der Waals surface area contributed by atoms with E-state index in [1.807, 2.05) is 0 Å². The molecule has 6 heteroatoms. The van der Waals surface area contributed by atoms with Crippen molar-refractivity contribution in [2.24, 2.45) is 0 Å². The lowest BCUT2D eigenvalue weighted by Crippen LogP contribution is -1.99. The van der Waals surface area contributed by atoms with Crippen molar-refractivity contribution in [1.82, 2.24) is 4.98 Å². The van der Waals surface area contributed by atoms with Crippen molar-refractivity contribution in [2.75, 3.05) is 0 Å². The zero-order chi connectivity index (χ0) is 13.1. The molecule has 94 valence electrons. The number of pyridine rings is 1. The summed E-state index contributed by atoms with van der Waals surface area (Å²) in [5.41, 5.74) is 0.486. The second kappa shape index (κ2) is 5.74. The van der Waals surface area contributed by atoms with E-state index in [4.69, 9.17) is 39.5 Å². The lowest BCUT2D eigenvalue weighted by molar-refractivity contribution is 0.300. The molecule has 0 aliphatic carbocycles. The topological polar surface area (TPSA) is 22.1 Å². The highest BCUT2D eigenvalue weighted by Crippen LogP contribution is 2.23. The van der Waals surface area contributed by atoms with E-state index in [9.17, 15) is 4.39 Å². The van der Waals surface area contributed by atoms with E-state index in [0.29, 0.717) is 21.6 Å². The van der Waals surface area contributed by atoms with Crippen molar-refractivity contribution in [3.63, 3.8) is 0 Å². The van der Waals surface area contributed by atoms with Gasteiger partial charge in [0.2, 0.25) is 0 Å². The summed E-state index contributed by atoms with van der Waals surface area (Å²) in [6.07, 6.45) is 0. The van der Waals surface area contributed by atoms with Gasteiger partial charge < -0.3 is 4.74 Å². The summed E-state index contributed by atoms with van der Waals surface area (Å²) < 4.78 is 18.5. The molecule has 1 aromatic heterocycles. The number of rotatable bonds is 3. The van der Waals surface area contributed by atoms with Gasteiger partial charge in [0.25, 0.3) is 0 Å². The number of hydrogen-bond acceptors (Lipinski definition) is 2. The second-order valence-corrected chi connectivity index (χ2v) is 4.63. The van der Waals surface area contributed by atoms with E-state index in [2.05, 4.69) is 4.98 Å². The van der Waals surface area contributed by atoms with Crippen molar-refractivity contribution in [3.05, 3.63) is 57.0 Å². The van der Waals surface area contributed by atoms with Crippen LogP contribution in [0.15, 0.2) is 30.3 Å². The molecular weight excluding hydrogens is 299 g/mol. The molecule has 0 radical (unpaired) electrons. The normalized spacial score (nSPS) is 10.4. The zero-order valence-corrected chi connectivity index (χ0v) is 11.2. The van der Waals surface area contributed by atoms with Crippen molar-refractivity contribution in [3.8, 4) is 5.75 Å². The molecule has 0 unspecified atom stereocenters. The van der Waals surface area contributed by atoms with Gasteiger partial charge in [-0.1, -0.05) is 34.8 Å². The molecule has 0 saturated carbocycles. The van der Waals surface area contributed by atoms with Crippen LogP contribution < -0.4 is 4.74 Å². The van der Waals surface area contributed by atoms with Crippen molar-refractivity contribution in [1.29, 1.82) is 0 Å². The second-order valence-electron chi connectivity index (χ2n) is 3.43. The summed E-state index contributed by atoms with van der Waals surface area (Å²) >= 11 is 17.2. The Labute approximate surface area is 118 Å². The largest absolute Gasteiger partial charge is 0.487 e. The van der Waals surface area contributed by atoms with E-state index >= 15 is 0 Å². The highest BCUT2D eigenvalue weighted by Gasteiger charge is 2.06. The third kappa shape index (κ3) is 3.25. The van der Waals surface area contributed by atoms with Crippen molar-refractivity contribution >= 4 is 34.8 Å².